The summed E-state index contributed by atoms with van der Waals surface area (Å²) in [7, 11) is 1.64. The van der Waals surface area contributed by atoms with Gasteiger partial charge in [0.25, 0.3) is 11.5 Å². The number of carbonyl (C=O) groups is 1. The number of methoxy groups -OCH3 is 1. The van der Waals surface area contributed by atoms with Gasteiger partial charge in [0.2, 0.25) is 0 Å². The van der Waals surface area contributed by atoms with E-state index in [1.165, 1.54) is 11.3 Å². The molecule has 0 saturated heterocycles. The third-order valence-electron chi connectivity index (χ3n) is 6.31. The monoisotopic (exact) mass is 474 g/mol. The minimum absolute atomic E-state index is 0.0217. The Morgan fingerprint density at radius 3 is 2.41 bits per heavy atom. The molecule has 0 atom stereocenters. The number of nitrogens with zero attached hydrogens (tertiary/aromatic N) is 4. The van der Waals surface area contributed by atoms with Crippen molar-refractivity contribution < 1.29 is 9.53 Å². The van der Waals surface area contributed by atoms with Crippen LogP contribution in [0.4, 0.5) is 0 Å². The summed E-state index contributed by atoms with van der Waals surface area (Å²) in [6.07, 6.45) is 0.544. The van der Waals surface area contributed by atoms with Crippen molar-refractivity contribution in [3.05, 3.63) is 103 Å². The van der Waals surface area contributed by atoms with Crippen molar-refractivity contribution in [3.63, 3.8) is 0 Å². The van der Waals surface area contributed by atoms with Gasteiger partial charge in [-0.05, 0) is 36.6 Å². The first-order chi connectivity index (χ1) is 16.5. The van der Waals surface area contributed by atoms with Crippen LogP contribution in [0.1, 0.15) is 37.7 Å². The molecule has 2 aromatic carbocycles. The average molecular weight is 475 g/mol. The van der Waals surface area contributed by atoms with Crippen LogP contribution in [-0.2, 0) is 26.1 Å². The zero-order chi connectivity index (χ0) is 23.7. The van der Waals surface area contributed by atoms with Crippen LogP contribution in [0.2, 0.25) is 0 Å². The van der Waals surface area contributed by atoms with Crippen molar-refractivity contribution in [1.82, 2.24) is 19.2 Å². The Morgan fingerprint density at radius 1 is 1.03 bits per heavy atom. The van der Waals surface area contributed by atoms with E-state index < -0.39 is 0 Å². The summed E-state index contributed by atoms with van der Waals surface area (Å²) >= 11 is 1.37. The highest BCUT2D eigenvalue weighted by molar-refractivity contribution is 7.11. The molecule has 0 saturated carbocycles. The average Bonchev–Trinajstić information content (AvgIpc) is 3.41. The fourth-order valence-electron chi connectivity index (χ4n) is 4.45. The van der Waals surface area contributed by atoms with Crippen molar-refractivity contribution in [3.8, 4) is 5.75 Å². The number of carbonyl (C=O) groups excluding carboxylic acids is 1. The van der Waals surface area contributed by atoms with Crippen LogP contribution in [0.15, 0.2) is 64.9 Å². The SMILES string of the molecule is COc1ccc(Cn2c3c(c(=O)n2Cc2ccccc2)CCN(C(=O)c2scnc2C)C3)cc1. The summed E-state index contributed by atoms with van der Waals surface area (Å²) in [5.74, 6) is 0.765. The lowest BCUT2D eigenvalue weighted by Gasteiger charge is -2.27. The van der Waals surface area contributed by atoms with Crippen molar-refractivity contribution in [1.29, 1.82) is 0 Å². The Hall–Kier alpha value is -3.65. The van der Waals surface area contributed by atoms with Gasteiger partial charge in [-0.15, -0.1) is 11.3 Å². The highest BCUT2D eigenvalue weighted by Gasteiger charge is 2.30. The molecule has 8 heteroatoms. The molecule has 0 unspecified atom stereocenters. The van der Waals surface area contributed by atoms with Crippen LogP contribution >= 0.6 is 11.3 Å². The molecule has 174 valence electrons. The van der Waals surface area contributed by atoms with E-state index in [9.17, 15) is 9.59 Å². The number of hydrogen-bond donors (Lipinski definition) is 0. The molecule has 1 aliphatic heterocycles. The first-order valence-electron chi connectivity index (χ1n) is 11.2. The molecule has 4 aromatic rings. The van der Waals surface area contributed by atoms with E-state index in [0.717, 1.165) is 33.8 Å². The molecule has 7 nitrogen and oxygen atoms in total. The van der Waals surface area contributed by atoms with E-state index >= 15 is 0 Å². The third-order valence-corrected chi connectivity index (χ3v) is 7.23. The molecule has 0 radical (unpaired) electrons. The topological polar surface area (TPSA) is 69.4 Å². The molecular formula is C26H26N4O3S. The molecule has 3 heterocycles. The lowest BCUT2D eigenvalue weighted by atomic mass is 10.1. The maximum absolute atomic E-state index is 13.5. The van der Waals surface area contributed by atoms with E-state index in [1.54, 1.807) is 12.6 Å². The molecule has 1 amide bonds. The standard InChI is InChI=1S/C26H26N4O3S/c1-18-24(34-17-27-18)26(32)28-13-12-22-23(16-28)29(14-20-8-10-21(33-2)11-9-20)30(25(22)31)15-19-6-4-3-5-7-19/h3-11,17H,12-16H2,1-2H3. The molecule has 1 aliphatic rings. The second-order valence-corrected chi connectivity index (χ2v) is 9.28. The summed E-state index contributed by atoms with van der Waals surface area (Å²) in [5.41, 5.74) is 6.29. The molecule has 2 aromatic heterocycles. The molecule has 0 spiro atoms. The molecular weight excluding hydrogens is 448 g/mol. The predicted octanol–water partition coefficient (Wildman–Crippen LogP) is 3.72. The van der Waals surface area contributed by atoms with Gasteiger partial charge in [0.05, 0.1) is 43.6 Å². The van der Waals surface area contributed by atoms with Gasteiger partial charge in [-0.2, -0.15) is 0 Å². The van der Waals surface area contributed by atoms with Gasteiger partial charge in [0.1, 0.15) is 10.6 Å². The van der Waals surface area contributed by atoms with Gasteiger partial charge in [-0.25, -0.2) is 9.67 Å². The van der Waals surface area contributed by atoms with Gasteiger partial charge >= 0.3 is 0 Å². The van der Waals surface area contributed by atoms with Gasteiger partial charge in [-0.1, -0.05) is 42.5 Å². The number of hydrogen-bond acceptors (Lipinski definition) is 5. The fraction of sp³-hybridized carbons (Fsp3) is 0.269. The summed E-state index contributed by atoms with van der Waals surface area (Å²) in [6, 6.07) is 17.9. The molecule has 0 bridgehead atoms. The zero-order valence-electron chi connectivity index (χ0n) is 19.2. The maximum atomic E-state index is 13.5. The van der Waals surface area contributed by atoms with Crippen molar-refractivity contribution in [2.75, 3.05) is 13.7 Å². The Morgan fingerprint density at radius 2 is 1.74 bits per heavy atom. The summed E-state index contributed by atoms with van der Waals surface area (Å²) in [6.45, 7) is 3.79. The van der Waals surface area contributed by atoms with Crippen molar-refractivity contribution >= 4 is 17.2 Å². The highest BCUT2D eigenvalue weighted by atomic mass is 32.1. The van der Waals surface area contributed by atoms with Crippen LogP contribution in [0, 0.1) is 6.92 Å². The van der Waals surface area contributed by atoms with Crippen LogP contribution in [-0.4, -0.2) is 38.8 Å². The van der Waals surface area contributed by atoms with Crippen LogP contribution in [0.5, 0.6) is 5.75 Å². The van der Waals surface area contributed by atoms with Gasteiger partial charge in [-0.3, -0.25) is 14.3 Å². The summed E-state index contributed by atoms with van der Waals surface area (Å²) < 4.78 is 9.15. The Labute approximate surface area is 201 Å². The minimum atomic E-state index is -0.0232. The number of thiazole rings is 1. The van der Waals surface area contributed by atoms with E-state index in [4.69, 9.17) is 4.74 Å². The van der Waals surface area contributed by atoms with Gasteiger partial charge < -0.3 is 9.64 Å². The van der Waals surface area contributed by atoms with E-state index in [-0.39, 0.29) is 11.5 Å². The van der Waals surface area contributed by atoms with Crippen molar-refractivity contribution in [2.24, 2.45) is 0 Å². The van der Waals surface area contributed by atoms with Crippen LogP contribution in [0.3, 0.4) is 0 Å². The lowest BCUT2D eigenvalue weighted by Crippen LogP contribution is -2.37. The maximum Gasteiger partial charge on any atom is 0.270 e. The third kappa shape index (κ3) is 4.17. The minimum Gasteiger partial charge on any atom is -0.497 e. The number of amides is 1. The Balaban J connectivity index is 1.54. The van der Waals surface area contributed by atoms with Crippen LogP contribution in [0.25, 0.3) is 0 Å². The summed E-state index contributed by atoms with van der Waals surface area (Å²) in [5, 5.41) is 0. The normalized spacial score (nSPS) is 13.1. The first kappa shape index (κ1) is 22.2. The number of fused-ring (bicyclic) bond motifs is 1. The van der Waals surface area contributed by atoms with Crippen LogP contribution < -0.4 is 10.3 Å². The van der Waals surface area contributed by atoms with E-state index in [1.807, 2.05) is 75.8 Å². The predicted molar refractivity (Wildman–Crippen MR) is 132 cm³/mol. The zero-order valence-corrected chi connectivity index (χ0v) is 20.0. The Bertz CT molecular complexity index is 1370. The number of aromatic nitrogens is 3. The second kappa shape index (κ2) is 9.30. The smallest absolute Gasteiger partial charge is 0.270 e. The number of ether oxygens (including phenoxy) is 1. The number of rotatable bonds is 6. The lowest BCUT2D eigenvalue weighted by molar-refractivity contribution is 0.0733. The van der Waals surface area contributed by atoms with Crippen molar-refractivity contribution in [2.45, 2.75) is 33.0 Å². The second-order valence-electron chi connectivity index (χ2n) is 8.42. The van der Waals surface area contributed by atoms with E-state index in [2.05, 4.69) is 4.98 Å². The summed E-state index contributed by atoms with van der Waals surface area (Å²) in [4.78, 5) is 33.4. The molecule has 5 rings (SSSR count). The quantitative estimate of drug-likeness (QED) is 0.427. The number of aryl methyl sites for hydroxylation is 1. The largest absolute Gasteiger partial charge is 0.497 e. The fourth-order valence-corrected chi connectivity index (χ4v) is 5.22. The first-order valence-corrected chi connectivity index (χ1v) is 12.1. The Kier molecular flexibility index (Phi) is 6.06. The molecule has 0 aliphatic carbocycles. The highest BCUT2D eigenvalue weighted by Crippen LogP contribution is 2.24. The molecule has 0 N–H and O–H groups in total. The van der Waals surface area contributed by atoms with Gasteiger partial charge in [0.15, 0.2) is 0 Å². The number of benzene rings is 2. The molecule has 34 heavy (non-hydrogen) atoms. The van der Waals surface area contributed by atoms with Gasteiger partial charge in [0, 0.05) is 12.1 Å². The van der Waals surface area contributed by atoms with E-state index in [0.29, 0.717) is 37.5 Å². The molecule has 0 fully saturated rings.